The molecule has 8 heteroatoms. The Morgan fingerprint density at radius 2 is 1.26 bits per heavy atom. The van der Waals surface area contributed by atoms with Crippen LogP contribution in [0.1, 0.15) is 55.4 Å². The zero-order chi connectivity index (χ0) is 16.7. The van der Waals surface area contributed by atoms with Crippen LogP contribution in [0.25, 0.3) is 0 Å². The van der Waals surface area contributed by atoms with Gasteiger partial charge in [0.05, 0.1) is 0 Å². The minimum atomic E-state index is -0.0938. The smallest absolute Gasteiger partial charge is 0 e. The molecule has 0 aromatic carbocycles. The van der Waals surface area contributed by atoms with Crippen LogP contribution in [-0.2, 0) is 6.78 Å². The number of rotatable bonds is 7. The van der Waals surface area contributed by atoms with Gasteiger partial charge in [0.15, 0.2) is 0 Å². The van der Waals surface area contributed by atoms with Crippen LogP contribution in [0.5, 0.6) is 0 Å². The molecule has 0 heterocycles. The summed E-state index contributed by atoms with van der Waals surface area (Å²) in [5.41, 5.74) is -0.157. The first-order valence-electron chi connectivity index (χ1n) is 7.12. The predicted octanol–water partition coefficient (Wildman–Crippen LogP) is 1.81. The molecule has 4 unspecified atom stereocenters. The van der Waals surface area contributed by atoms with Crippen molar-refractivity contribution in [3.63, 3.8) is 0 Å². The van der Waals surface area contributed by atoms with Gasteiger partial charge in [-0.05, 0) is 0 Å². The summed E-state index contributed by atoms with van der Waals surface area (Å²) >= 11 is 5.21. The molecule has 0 saturated heterocycles. The first-order valence-corrected chi connectivity index (χ1v) is 11.4. The summed E-state index contributed by atoms with van der Waals surface area (Å²) in [6.45, 7) is 18.0. The third-order valence-corrected chi connectivity index (χ3v) is 7.41. The van der Waals surface area contributed by atoms with Crippen molar-refractivity contribution in [1.29, 1.82) is 0 Å². The van der Waals surface area contributed by atoms with Gasteiger partial charge < -0.3 is 0 Å². The number of hydrogen-bond acceptors (Lipinski definition) is 2. The molecule has 2 nitrogen and oxygen atoms in total. The normalized spacial score (nSPS) is 17.1. The van der Waals surface area contributed by atoms with Crippen LogP contribution in [0, 0.1) is 23.7 Å². The van der Waals surface area contributed by atoms with Gasteiger partial charge in [0, 0.05) is 23.7 Å². The maximum atomic E-state index is 5.89. The van der Waals surface area contributed by atoms with Gasteiger partial charge >= 0.3 is 212 Å². The third kappa shape index (κ3) is 11.9. The van der Waals surface area contributed by atoms with E-state index in [-0.39, 0.29) is 82.2 Å². The fourth-order valence-corrected chi connectivity index (χ4v) is 3.86. The van der Waals surface area contributed by atoms with Crippen molar-refractivity contribution < 1.29 is 6.78 Å². The van der Waals surface area contributed by atoms with Gasteiger partial charge in [0.2, 0.25) is 0 Å². The molecule has 0 aliphatic rings. The second kappa shape index (κ2) is 18.5. The molecule has 4 atom stereocenters. The Labute approximate surface area is 232 Å². The molecule has 0 fully saturated rings. The fraction of sp³-hybridized carbons (Fsp3) is 1.00. The van der Waals surface area contributed by atoms with Crippen LogP contribution in [0.15, 0.2) is 0 Å². The molecule has 0 bridgehead atoms. The van der Waals surface area contributed by atoms with E-state index in [1.807, 2.05) is 27.3 Å². The standard InChI is InChI=1S/C14H28GeO2.CH3Te.Sb.2HTe.Te/c1-9(2)14(8,16)12(5)10(3)11(4)13(6,7)17-15;1-2;;;;/h9-12H,1-8H3;1H3;;2*1H;/q-1;;+1;;;. The van der Waals surface area contributed by atoms with E-state index in [0.29, 0.717) is 23.7 Å². The molecule has 0 amide bonds. The molecule has 0 aromatic rings. The van der Waals surface area contributed by atoms with Crippen LogP contribution in [0.2, 0.25) is 4.97 Å². The van der Waals surface area contributed by atoms with Crippen molar-refractivity contribution in [2.75, 3.05) is 0 Å². The van der Waals surface area contributed by atoms with Gasteiger partial charge in [-0.1, -0.05) is 0 Å². The molecule has 10 radical (unpaired) electrons. The number of hydrogen-bond donors (Lipinski definition) is 0. The SMILES string of the molecule is CC(C(C)C(C)(C)[O][Ge])C(C)C(C)([O][Sb])C(C)C.C[Te].[TeH].[TeH].[Te]. The van der Waals surface area contributed by atoms with Gasteiger partial charge in [0.25, 0.3) is 0 Å². The second-order valence-corrected chi connectivity index (χ2v) is 7.52. The monoisotopic (exact) mass is 960 g/mol. The minimum absolute atomic E-state index is 0. The maximum absolute atomic E-state index is 5.89. The topological polar surface area (TPSA) is 18.5 Å². The van der Waals surface area contributed by atoms with Gasteiger partial charge in [-0.2, -0.15) is 0 Å². The minimum Gasteiger partial charge on any atom is 0 e. The molecule has 0 saturated carbocycles. The van der Waals surface area contributed by atoms with Crippen LogP contribution in [-0.4, -0.2) is 145 Å². The van der Waals surface area contributed by atoms with E-state index in [0.717, 1.165) is 0 Å². The Kier molecular flexibility index (Phi) is 30.6. The van der Waals surface area contributed by atoms with E-state index in [4.69, 9.17) is 6.78 Å². The van der Waals surface area contributed by atoms with Crippen LogP contribution < -0.4 is 0 Å². The van der Waals surface area contributed by atoms with E-state index >= 15 is 0 Å². The largest absolute Gasteiger partial charge is 0 e. The van der Waals surface area contributed by atoms with Gasteiger partial charge in [0.1, 0.15) is 0 Å². The summed E-state index contributed by atoms with van der Waals surface area (Å²) in [5, 5.41) is 0. The maximum Gasteiger partial charge on any atom is 0 e. The average molecular weight is 950 g/mol. The second-order valence-electron chi connectivity index (χ2n) is 6.57. The Morgan fingerprint density at radius 3 is 1.48 bits per heavy atom. The molecule has 138 valence electrons. The van der Waals surface area contributed by atoms with Crippen molar-refractivity contribution >= 4 is 134 Å². The van der Waals surface area contributed by atoms with E-state index in [9.17, 15) is 0 Å². The Bertz CT molecular complexity index is 274. The fourth-order valence-electron chi connectivity index (χ4n) is 2.40. The van der Waals surface area contributed by atoms with Crippen LogP contribution in [0.4, 0.5) is 0 Å². The molecular weight excluding hydrogens is 917 g/mol. The molecule has 0 aliphatic heterocycles. The summed E-state index contributed by atoms with van der Waals surface area (Å²) in [6.07, 6.45) is 0. The molecule has 0 aromatic heterocycles. The van der Waals surface area contributed by atoms with Crippen molar-refractivity contribution in [2.24, 2.45) is 23.7 Å². The molecule has 23 heavy (non-hydrogen) atoms. The summed E-state index contributed by atoms with van der Waals surface area (Å²) < 4.78 is 11.5. The molecule has 0 aliphatic carbocycles. The molecule has 0 spiro atoms. The quantitative estimate of drug-likeness (QED) is 0.364. The van der Waals surface area contributed by atoms with E-state index in [1.165, 1.54) is 23.4 Å². The zero-order valence-corrected chi connectivity index (χ0v) is 30.2. The van der Waals surface area contributed by atoms with Crippen molar-refractivity contribution in [2.45, 2.75) is 71.6 Å². The summed E-state index contributed by atoms with van der Waals surface area (Å²) in [6, 6.07) is 0. The zero-order valence-electron chi connectivity index (χ0n) is 15.8. The summed E-state index contributed by atoms with van der Waals surface area (Å²) in [7, 11) is 0. The summed E-state index contributed by atoms with van der Waals surface area (Å²) in [4.78, 5) is 2.01. The Balaban J connectivity index is -0.000000207. The van der Waals surface area contributed by atoms with Gasteiger partial charge in [-0.15, -0.1) is 0 Å². The van der Waals surface area contributed by atoms with E-state index in [1.54, 1.807) is 16.9 Å². The van der Waals surface area contributed by atoms with E-state index < -0.39 is 0 Å². The predicted molar refractivity (Wildman–Crippen MR) is 110 cm³/mol. The van der Waals surface area contributed by atoms with Crippen molar-refractivity contribution in [3.8, 4) is 0 Å². The first kappa shape index (κ1) is 38.1. The van der Waals surface area contributed by atoms with Crippen LogP contribution in [0.3, 0.4) is 0 Å². The average Bonchev–Trinajstić information content (AvgIpc) is 2.45. The third-order valence-electron chi connectivity index (χ3n) is 5.18. The van der Waals surface area contributed by atoms with Crippen molar-refractivity contribution in [1.82, 2.24) is 0 Å². The van der Waals surface area contributed by atoms with Crippen LogP contribution >= 0.6 is 0 Å². The molecule has 0 rings (SSSR count). The Morgan fingerprint density at radius 1 is 0.913 bits per heavy atom. The van der Waals surface area contributed by atoms with Gasteiger partial charge in [-0.3, -0.25) is 0 Å². The first-order chi connectivity index (χ1) is 9.04. The van der Waals surface area contributed by atoms with Crippen molar-refractivity contribution in [3.05, 3.63) is 0 Å². The van der Waals surface area contributed by atoms with Gasteiger partial charge in [-0.25, -0.2) is 0 Å². The molecule has 0 N–H and O–H groups in total. The molecular formula is C15H33GeO2SbTe4. The summed E-state index contributed by atoms with van der Waals surface area (Å²) in [5.74, 6) is 2.03. The Hall–Kier alpha value is 4.44. The van der Waals surface area contributed by atoms with E-state index in [2.05, 4.69) is 55.4 Å².